The molecule has 0 radical (unpaired) electrons. The predicted molar refractivity (Wildman–Crippen MR) is 159 cm³/mol. The summed E-state index contributed by atoms with van der Waals surface area (Å²) in [7, 11) is -3.94. The molecule has 1 saturated heterocycles. The normalized spacial score (nSPS) is 14.2. The highest BCUT2D eigenvalue weighted by Gasteiger charge is 2.32. The first kappa shape index (κ1) is 31.1. The smallest absolute Gasteiger partial charge is 0.264 e. The number of anilines is 2. The van der Waals surface area contributed by atoms with Crippen molar-refractivity contribution in [2.45, 2.75) is 36.0 Å². The Bertz CT molecular complexity index is 1640. The van der Waals surface area contributed by atoms with Crippen LogP contribution in [0.4, 0.5) is 11.4 Å². The molecule has 42 heavy (non-hydrogen) atoms. The molecule has 226 valence electrons. The van der Waals surface area contributed by atoms with Crippen molar-refractivity contribution in [3.63, 3.8) is 0 Å². The lowest BCUT2D eigenvalue weighted by Gasteiger charge is -2.27. The van der Waals surface area contributed by atoms with Crippen LogP contribution in [0.2, 0.25) is 0 Å². The Morgan fingerprint density at radius 1 is 0.833 bits per heavy atom. The van der Waals surface area contributed by atoms with Crippen molar-refractivity contribution < 1.29 is 35.8 Å². The van der Waals surface area contributed by atoms with E-state index in [0.717, 1.165) is 29.1 Å². The maximum Gasteiger partial charge on any atom is 0.264 e. The van der Waals surface area contributed by atoms with E-state index in [-0.39, 0.29) is 32.7 Å². The molecular formula is C29H35N3O8S2. The highest BCUT2D eigenvalue weighted by Crippen LogP contribution is 2.36. The number of amides is 1. The van der Waals surface area contributed by atoms with E-state index in [4.69, 9.17) is 14.2 Å². The van der Waals surface area contributed by atoms with Gasteiger partial charge in [-0.25, -0.2) is 16.8 Å². The van der Waals surface area contributed by atoms with E-state index in [9.17, 15) is 21.6 Å². The molecule has 0 aromatic heterocycles. The van der Waals surface area contributed by atoms with Gasteiger partial charge in [-0.3, -0.25) is 9.10 Å². The van der Waals surface area contributed by atoms with Crippen molar-refractivity contribution in [2.75, 3.05) is 50.6 Å². The average Bonchev–Trinajstić information content (AvgIpc) is 3.00. The molecule has 1 N–H and O–H groups in total. The van der Waals surface area contributed by atoms with Gasteiger partial charge < -0.3 is 19.5 Å². The maximum atomic E-state index is 13.9. The second-order valence-electron chi connectivity index (χ2n) is 9.74. The predicted octanol–water partition coefficient (Wildman–Crippen LogP) is 4.03. The number of carbonyl (C=O) groups is 1. The largest absolute Gasteiger partial charge is 0.497 e. The Labute approximate surface area is 247 Å². The van der Waals surface area contributed by atoms with E-state index in [1.54, 1.807) is 24.3 Å². The van der Waals surface area contributed by atoms with Crippen LogP contribution in [0.5, 0.6) is 17.2 Å². The van der Waals surface area contributed by atoms with Crippen LogP contribution >= 0.6 is 0 Å². The first-order valence-electron chi connectivity index (χ1n) is 13.3. The first-order valence-corrected chi connectivity index (χ1v) is 16.2. The summed E-state index contributed by atoms with van der Waals surface area (Å²) in [4.78, 5) is 13.3. The maximum absolute atomic E-state index is 13.9. The quantitative estimate of drug-likeness (QED) is 0.341. The summed E-state index contributed by atoms with van der Waals surface area (Å²) < 4.78 is 73.0. The lowest BCUT2D eigenvalue weighted by Crippen LogP contribution is -2.38. The van der Waals surface area contributed by atoms with Gasteiger partial charge in [0.15, 0.2) is 0 Å². The van der Waals surface area contributed by atoms with Gasteiger partial charge in [0.05, 0.1) is 31.9 Å². The molecule has 1 amide bonds. The van der Waals surface area contributed by atoms with Crippen LogP contribution < -0.4 is 23.8 Å². The summed E-state index contributed by atoms with van der Waals surface area (Å²) in [6.45, 7) is 1.99. The van der Waals surface area contributed by atoms with Gasteiger partial charge in [-0.2, -0.15) is 4.31 Å². The van der Waals surface area contributed by atoms with E-state index in [1.807, 2.05) is 6.92 Å². The Hall–Kier alpha value is -3.81. The molecule has 1 aliphatic heterocycles. The molecule has 0 aliphatic carbocycles. The minimum atomic E-state index is -4.26. The molecule has 0 atom stereocenters. The number of rotatable bonds is 11. The van der Waals surface area contributed by atoms with Crippen LogP contribution in [0.25, 0.3) is 0 Å². The van der Waals surface area contributed by atoms with Crippen molar-refractivity contribution in [3.8, 4) is 17.2 Å². The third kappa shape index (κ3) is 6.63. The Morgan fingerprint density at radius 2 is 1.48 bits per heavy atom. The van der Waals surface area contributed by atoms with Crippen LogP contribution in [0.1, 0.15) is 24.8 Å². The Morgan fingerprint density at radius 3 is 2.10 bits per heavy atom. The van der Waals surface area contributed by atoms with Gasteiger partial charge in [0.1, 0.15) is 28.7 Å². The van der Waals surface area contributed by atoms with Crippen molar-refractivity contribution in [1.29, 1.82) is 0 Å². The molecule has 0 bridgehead atoms. The Balaban J connectivity index is 1.70. The van der Waals surface area contributed by atoms with Crippen LogP contribution in [-0.2, 0) is 24.8 Å². The Kier molecular flexibility index (Phi) is 9.64. The zero-order valence-corrected chi connectivity index (χ0v) is 25.6. The van der Waals surface area contributed by atoms with E-state index >= 15 is 0 Å². The standard InChI is InChI=1S/C29H35N3O8S2/c1-21-8-12-24(13-9-21)41(34,35)32(25-19-23(38-2)11-15-26(25)39-3)20-29(33)30-22-10-14-27(40-4)28(18-22)42(36,37)31-16-6-5-7-17-31/h8-15,18-19H,5-7,16-17,20H2,1-4H3,(H,30,33). The molecule has 0 saturated carbocycles. The van der Waals surface area contributed by atoms with Gasteiger partial charge in [0.25, 0.3) is 10.0 Å². The summed E-state index contributed by atoms with van der Waals surface area (Å²) in [5.41, 5.74) is 1.13. The summed E-state index contributed by atoms with van der Waals surface area (Å²) in [6, 6.07) is 15.2. The topological polar surface area (TPSA) is 132 Å². The van der Waals surface area contributed by atoms with E-state index in [2.05, 4.69) is 5.32 Å². The number of sulfonamides is 2. The van der Waals surface area contributed by atoms with Gasteiger partial charge >= 0.3 is 0 Å². The third-order valence-corrected chi connectivity index (χ3v) is 10.6. The number of methoxy groups -OCH3 is 3. The molecule has 13 heteroatoms. The number of piperidine rings is 1. The van der Waals surface area contributed by atoms with Crippen LogP contribution in [-0.4, -0.2) is 68.0 Å². The molecule has 3 aromatic rings. The first-order chi connectivity index (χ1) is 20.0. The number of carbonyl (C=O) groups excluding carboxylic acids is 1. The number of nitrogens with zero attached hydrogens (tertiary/aromatic N) is 2. The third-order valence-electron chi connectivity index (χ3n) is 6.93. The number of hydrogen-bond donors (Lipinski definition) is 1. The number of ether oxygens (including phenoxy) is 3. The molecular weight excluding hydrogens is 582 g/mol. The summed E-state index contributed by atoms with van der Waals surface area (Å²) >= 11 is 0. The summed E-state index contributed by atoms with van der Waals surface area (Å²) in [6.07, 6.45) is 2.48. The molecule has 3 aromatic carbocycles. The van der Waals surface area contributed by atoms with Gasteiger partial charge in [-0.15, -0.1) is 0 Å². The molecule has 0 unspecified atom stereocenters. The van der Waals surface area contributed by atoms with Crippen LogP contribution in [0.15, 0.2) is 70.5 Å². The van der Waals surface area contributed by atoms with Crippen molar-refractivity contribution in [2.24, 2.45) is 0 Å². The lowest BCUT2D eigenvalue weighted by molar-refractivity contribution is -0.114. The zero-order chi connectivity index (χ0) is 30.5. The minimum Gasteiger partial charge on any atom is -0.497 e. The van der Waals surface area contributed by atoms with Gasteiger partial charge in [0.2, 0.25) is 15.9 Å². The van der Waals surface area contributed by atoms with Crippen molar-refractivity contribution >= 4 is 37.3 Å². The SMILES string of the molecule is COc1ccc(OC)c(N(CC(=O)Nc2ccc(OC)c(S(=O)(=O)N3CCCCC3)c2)S(=O)(=O)c2ccc(C)cc2)c1. The molecule has 1 fully saturated rings. The van der Waals surface area contributed by atoms with E-state index in [0.29, 0.717) is 18.8 Å². The second-order valence-corrected chi connectivity index (χ2v) is 13.5. The van der Waals surface area contributed by atoms with Crippen molar-refractivity contribution in [1.82, 2.24) is 4.31 Å². The number of hydrogen-bond acceptors (Lipinski definition) is 8. The van der Waals surface area contributed by atoms with Gasteiger partial charge in [-0.05, 0) is 62.2 Å². The molecule has 11 nitrogen and oxygen atoms in total. The van der Waals surface area contributed by atoms with Crippen LogP contribution in [0.3, 0.4) is 0 Å². The zero-order valence-electron chi connectivity index (χ0n) is 24.0. The number of aryl methyl sites for hydroxylation is 1. The number of benzene rings is 3. The highest BCUT2D eigenvalue weighted by atomic mass is 32.2. The molecule has 1 aliphatic rings. The second kappa shape index (κ2) is 13.0. The van der Waals surface area contributed by atoms with E-state index in [1.165, 1.54) is 62.0 Å². The summed E-state index contributed by atoms with van der Waals surface area (Å²) in [5.74, 6) is 0.00184. The number of nitrogens with one attached hydrogen (secondary N) is 1. The fourth-order valence-electron chi connectivity index (χ4n) is 4.66. The van der Waals surface area contributed by atoms with Gasteiger partial charge in [-0.1, -0.05) is 24.1 Å². The highest BCUT2D eigenvalue weighted by molar-refractivity contribution is 7.93. The van der Waals surface area contributed by atoms with E-state index < -0.39 is 32.5 Å². The fraction of sp³-hybridized carbons (Fsp3) is 0.345. The van der Waals surface area contributed by atoms with Gasteiger partial charge in [0, 0.05) is 24.8 Å². The molecule has 0 spiro atoms. The lowest BCUT2D eigenvalue weighted by atomic mass is 10.2. The average molecular weight is 618 g/mol. The molecule has 1 heterocycles. The monoisotopic (exact) mass is 617 g/mol. The summed E-state index contributed by atoms with van der Waals surface area (Å²) in [5, 5.41) is 2.65. The fourth-order valence-corrected chi connectivity index (χ4v) is 7.78. The minimum absolute atomic E-state index is 0.0230. The van der Waals surface area contributed by atoms with Crippen LogP contribution in [0, 0.1) is 6.92 Å². The molecule has 4 rings (SSSR count). The van der Waals surface area contributed by atoms with Crippen molar-refractivity contribution in [3.05, 3.63) is 66.2 Å².